The highest BCUT2D eigenvalue weighted by molar-refractivity contribution is 5.95. The molecule has 0 saturated carbocycles. The number of primary amides is 1. The smallest absolute Gasteiger partial charge is 0.245 e. The maximum Gasteiger partial charge on any atom is 0.245 e. The van der Waals surface area contributed by atoms with Gasteiger partial charge in [-0.25, -0.2) is 0 Å². The van der Waals surface area contributed by atoms with Gasteiger partial charge < -0.3 is 49.5 Å². The molecule has 0 radical (unpaired) electrons. The first-order valence-corrected chi connectivity index (χ1v) is 13.9. The summed E-state index contributed by atoms with van der Waals surface area (Å²) in [7, 11) is 0. The van der Waals surface area contributed by atoms with Crippen LogP contribution >= 0.6 is 0 Å². The van der Waals surface area contributed by atoms with Gasteiger partial charge in [0.2, 0.25) is 29.5 Å². The number of carbonyl (C=O) groups is 5. The van der Waals surface area contributed by atoms with Gasteiger partial charge in [-0.1, -0.05) is 20.3 Å². The van der Waals surface area contributed by atoms with Crippen molar-refractivity contribution in [3.05, 3.63) is 0 Å². The Hall–Kier alpha value is -3.46. The molecule has 0 bridgehead atoms. The third-order valence-corrected chi connectivity index (χ3v) is 6.48. The maximum atomic E-state index is 13.6. The van der Waals surface area contributed by atoms with Gasteiger partial charge in [0.1, 0.15) is 18.1 Å². The lowest BCUT2D eigenvalue weighted by molar-refractivity contribution is -0.142. The maximum absolute atomic E-state index is 13.6. The quantitative estimate of drug-likeness (QED) is 0.0478. The van der Waals surface area contributed by atoms with Crippen LogP contribution in [0.4, 0.5) is 0 Å². The van der Waals surface area contributed by atoms with Crippen molar-refractivity contribution >= 4 is 35.5 Å². The van der Waals surface area contributed by atoms with Gasteiger partial charge in [-0.15, -0.1) is 0 Å². The van der Waals surface area contributed by atoms with Crippen LogP contribution < -0.4 is 44.6 Å². The van der Waals surface area contributed by atoms with Crippen LogP contribution in [0.5, 0.6) is 0 Å². The second-order valence-electron chi connectivity index (χ2n) is 10.5. The van der Waals surface area contributed by atoms with Gasteiger partial charge in [0.25, 0.3) is 0 Å². The summed E-state index contributed by atoms with van der Waals surface area (Å²) in [6.07, 6.45) is 3.70. The van der Waals surface area contributed by atoms with E-state index >= 15 is 0 Å². The Morgan fingerprint density at radius 3 is 2.23 bits per heavy atom. The van der Waals surface area contributed by atoms with E-state index in [4.69, 9.17) is 28.7 Å². The van der Waals surface area contributed by atoms with Gasteiger partial charge in [0, 0.05) is 13.1 Å². The zero-order chi connectivity index (χ0) is 30.2. The van der Waals surface area contributed by atoms with Crippen LogP contribution in [0.3, 0.4) is 0 Å². The van der Waals surface area contributed by atoms with Crippen LogP contribution in [0.15, 0.2) is 4.99 Å². The molecule has 15 nitrogen and oxygen atoms in total. The first kappa shape index (κ1) is 34.6. The van der Waals surface area contributed by atoms with Gasteiger partial charge in [-0.3, -0.25) is 29.0 Å². The van der Waals surface area contributed by atoms with Crippen molar-refractivity contribution in [3.63, 3.8) is 0 Å². The summed E-state index contributed by atoms with van der Waals surface area (Å²) in [6, 6.07) is -3.53. The summed E-state index contributed by atoms with van der Waals surface area (Å²) in [5.41, 5.74) is 27.4. The van der Waals surface area contributed by atoms with Crippen molar-refractivity contribution in [2.45, 2.75) is 89.4 Å². The highest BCUT2D eigenvalue weighted by atomic mass is 16.2. The zero-order valence-corrected chi connectivity index (χ0v) is 23.7. The molecular weight excluding hydrogens is 520 g/mol. The molecule has 0 aromatic rings. The van der Waals surface area contributed by atoms with Crippen molar-refractivity contribution in [2.24, 2.45) is 39.6 Å². The molecule has 15 heteroatoms. The molecule has 0 aliphatic carbocycles. The topological polar surface area (TPSA) is 267 Å². The number of aliphatic imine (C=N–C) groups is 1. The van der Waals surface area contributed by atoms with Crippen molar-refractivity contribution in [1.29, 1.82) is 0 Å². The molecule has 0 spiro atoms. The summed E-state index contributed by atoms with van der Waals surface area (Å²) >= 11 is 0. The molecule has 5 amide bonds. The molecule has 0 aromatic carbocycles. The molecule has 1 heterocycles. The van der Waals surface area contributed by atoms with Crippen molar-refractivity contribution < 1.29 is 24.0 Å². The van der Waals surface area contributed by atoms with E-state index in [9.17, 15) is 24.0 Å². The molecule has 228 valence electrons. The third kappa shape index (κ3) is 12.6. The van der Waals surface area contributed by atoms with Crippen LogP contribution in [-0.4, -0.2) is 90.7 Å². The largest absolute Gasteiger partial charge is 0.370 e. The molecule has 1 fully saturated rings. The lowest BCUT2D eigenvalue weighted by Gasteiger charge is -2.30. The molecule has 1 saturated heterocycles. The van der Waals surface area contributed by atoms with Crippen molar-refractivity contribution in [3.8, 4) is 0 Å². The molecule has 1 rings (SSSR count). The number of rotatable bonds is 18. The second kappa shape index (κ2) is 18.0. The number of hydrogen-bond donors (Lipinski definition) is 8. The van der Waals surface area contributed by atoms with Crippen LogP contribution in [0.2, 0.25) is 0 Å². The van der Waals surface area contributed by atoms with Crippen LogP contribution in [0, 0.1) is 5.92 Å². The van der Waals surface area contributed by atoms with Crippen LogP contribution in [0.25, 0.3) is 0 Å². The number of amides is 5. The number of guanidine groups is 1. The molecule has 40 heavy (non-hydrogen) atoms. The van der Waals surface area contributed by atoms with Crippen molar-refractivity contribution in [2.75, 3.05) is 26.2 Å². The second-order valence-corrected chi connectivity index (χ2v) is 10.5. The standard InChI is InChI=1S/C25H48N10O5/c1-15(2)13-18(34-21(37)16(27)7-3-4-10-26)22(38)33-17(8-5-11-31-25(29)30)24(40)35-12-6-9-19(35)23(39)32-14-20(28)36/h15-19H,3-14,26-27H2,1-2H3,(H2,28,36)(H,32,39)(H,33,38)(H,34,37)(H4,29,30,31)/t16-,17-,18-,19-/m0/s1. The molecule has 0 unspecified atom stereocenters. The van der Waals surface area contributed by atoms with E-state index in [2.05, 4.69) is 20.9 Å². The van der Waals surface area contributed by atoms with E-state index in [0.717, 1.165) is 6.42 Å². The zero-order valence-electron chi connectivity index (χ0n) is 23.7. The summed E-state index contributed by atoms with van der Waals surface area (Å²) in [5.74, 6) is -2.69. The number of likely N-dealkylation sites (tertiary alicyclic amines) is 1. The fourth-order valence-electron chi connectivity index (χ4n) is 4.45. The van der Waals surface area contributed by atoms with Gasteiger partial charge in [-0.2, -0.15) is 0 Å². The molecule has 4 atom stereocenters. The predicted molar refractivity (Wildman–Crippen MR) is 151 cm³/mol. The Bertz CT molecular complexity index is 893. The number of nitrogens with two attached hydrogens (primary N) is 5. The van der Waals surface area contributed by atoms with E-state index < -0.39 is 53.7 Å². The predicted octanol–water partition coefficient (Wildman–Crippen LogP) is -2.90. The summed E-state index contributed by atoms with van der Waals surface area (Å²) in [4.78, 5) is 68.8. The highest BCUT2D eigenvalue weighted by Crippen LogP contribution is 2.20. The lowest BCUT2D eigenvalue weighted by Crippen LogP contribution is -2.58. The summed E-state index contributed by atoms with van der Waals surface area (Å²) in [5, 5.41) is 7.94. The van der Waals surface area contributed by atoms with E-state index in [1.807, 2.05) is 13.8 Å². The minimum absolute atomic E-state index is 0.0532. The number of hydrogen-bond acceptors (Lipinski definition) is 8. The minimum Gasteiger partial charge on any atom is -0.370 e. The number of unbranched alkanes of at least 4 members (excludes halogenated alkanes) is 1. The fraction of sp³-hybridized carbons (Fsp3) is 0.760. The Labute approximate surface area is 235 Å². The molecule has 13 N–H and O–H groups in total. The van der Waals surface area contributed by atoms with Crippen LogP contribution in [-0.2, 0) is 24.0 Å². The fourth-order valence-corrected chi connectivity index (χ4v) is 4.45. The number of nitrogens with zero attached hydrogens (tertiary/aromatic N) is 2. The SMILES string of the molecule is CC(C)C[C@H](NC(=O)[C@@H](N)CCCCN)C(=O)N[C@@H](CCCN=C(N)N)C(=O)N1CCC[C@H]1C(=O)NCC(N)=O. The Morgan fingerprint density at radius 2 is 1.62 bits per heavy atom. The average molecular weight is 569 g/mol. The van der Waals surface area contributed by atoms with E-state index in [1.165, 1.54) is 4.90 Å². The molecule has 1 aliphatic rings. The van der Waals surface area contributed by atoms with Crippen molar-refractivity contribution in [1.82, 2.24) is 20.9 Å². The van der Waals surface area contributed by atoms with E-state index in [0.29, 0.717) is 51.6 Å². The summed E-state index contributed by atoms with van der Waals surface area (Å²) in [6.45, 7) is 4.50. The Kier molecular flexibility index (Phi) is 15.6. The normalized spacial score (nSPS) is 17.0. The number of carbonyl (C=O) groups excluding carboxylic acids is 5. The van der Waals surface area contributed by atoms with Gasteiger partial charge in [-0.05, 0) is 57.4 Å². The lowest BCUT2D eigenvalue weighted by atomic mass is 10.0. The molecule has 1 aliphatic heterocycles. The first-order chi connectivity index (χ1) is 18.9. The van der Waals surface area contributed by atoms with E-state index in [1.54, 1.807) is 0 Å². The average Bonchev–Trinajstić information content (AvgIpc) is 3.37. The molecular formula is C25H48N10O5. The van der Waals surface area contributed by atoms with E-state index in [-0.39, 0.29) is 31.4 Å². The molecule has 0 aromatic heterocycles. The van der Waals surface area contributed by atoms with Gasteiger partial charge in [0.15, 0.2) is 5.96 Å². The number of nitrogens with one attached hydrogen (secondary N) is 3. The van der Waals surface area contributed by atoms with Gasteiger partial charge >= 0.3 is 0 Å². The monoisotopic (exact) mass is 568 g/mol. The third-order valence-electron chi connectivity index (χ3n) is 6.48. The van der Waals surface area contributed by atoms with Crippen LogP contribution in [0.1, 0.15) is 65.2 Å². The highest BCUT2D eigenvalue weighted by Gasteiger charge is 2.38. The first-order valence-electron chi connectivity index (χ1n) is 13.9. The Morgan fingerprint density at radius 1 is 0.950 bits per heavy atom. The summed E-state index contributed by atoms with van der Waals surface area (Å²) < 4.78 is 0. The Balaban J connectivity index is 3.06. The minimum atomic E-state index is -1.00. The van der Waals surface area contributed by atoms with Gasteiger partial charge in [0.05, 0.1) is 12.6 Å².